The van der Waals surface area contributed by atoms with E-state index in [9.17, 15) is 10.1 Å². The van der Waals surface area contributed by atoms with Crippen molar-refractivity contribution in [2.45, 2.75) is 13.5 Å². The number of hydrogen-bond acceptors (Lipinski definition) is 4. The molecule has 0 aromatic heterocycles. The van der Waals surface area contributed by atoms with Crippen LogP contribution in [0.1, 0.15) is 11.1 Å². The van der Waals surface area contributed by atoms with Crippen LogP contribution >= 0.6 is 15.9 Å². The van der Waals surface area contributed by atoms with Gasteiger partial charge in [-0.1, -0.05) is 12.1 Å². The highest BCUT2D eigenvalue weighted by molar-refractivity contribution is 9.10. The highest BCUT2D eigenvalue weighted by Crippen LogP contribution is 2.28. The Hall–Kier alpha value is -2.08. The van der Waals surface area contributed by atoms with E-state index in [1.54, 1.807) is 19.2 Å². The molecule has 2 aromatic carbocycles. The topological polar surface area (TPSA) is 64.4 Å². The number of hydrogen-bond donors (Lipinski definition) is 1. The number of nitro benzene ring substituents is 1. The van der Waals surface area contributed by atoms with Gasteiger partial charge < -0.3 is 10.1 Å². The summed E-state index contributed by atoms with van der Waals surface area (Å²) in [5.74, 6) is 0.750. The minimum absolute atomic E-state index is 0.0857. The number of nitrogens with zero attached hydrogens (tertiary/aromatic N) is 1. The van der Waals surface area contributed by atoms with Crippen LogP contribution in [0.3, 0.4) is 0 Å². The second-order valence-electron chi connectivity index (χ2n) is 4.60. The zero-order valence-electron chi connectivity index (χ0n) is 11.7. The average Bonchev–Trinajstić information content (AvgIpc) is 2.46. The molecule has 0 aliphatic carbocycles. The number of methoxy groups -OCH3 is 1. The lowest BCUT2D eigenvalue weighted by Crippen LogP contribution is -2.03. The number of halogens is 1. The van der Waals surface area contributed by atoms with Crippen molar-refractivity contribution in [3.05, 3.63) is 62.1 Å². The third-order valence-electron chi connectivity index (χ3n) is 3.05. The van der Waals surface area contributed by atoms with Gasteiger partial charge in [0.15, 0.2) is 0 Å². The average molecular weight is 351 g/mol. The smallest absolute Gasteiger partial charge is 0.292 e. The zero-order chi connectivity index (χ0) is 15.4. The summed E-state index contributed by atoms with van der Waals surface area (Å²) >= 11 is 3.42. The second kappa shape index (κ2) is 6.58. The predicted molar refractivity (Wildman–Crippen MR) is 85.9 cm³/mol. The molecule has 1 N–H and O–H groups in total. The van der Waals surface area contributed by atoms with E-state index in [0.29, 0.717) is 12.2 Å². The van der Waals surface area contributed by atoms with Crippen molar-refractivity contribution in [3.8, 4) is 5.75 Å². The number of benzene rings is 2. The molecule has 0 heterocycles. The normalized spacial score (nSPS) is 10.2. The first kappa shape index (κ1) is 15.3. The molecular weight excluding hydrogens is 336 g/mol. The van der Waals surface area contributed by atoms with Crippen LogP contribution < -0.4 is 10.1 Å². The second-order valence-corrected chi connectivity index (χ2v) is 5.45. The molecule has 0 saturated carbocycles. The van der Waals surface area contributed by atoms with Crippen molar-refractivity contribution < 1.29 is 9.66 Å². The van der Waals surface area contributed by atoms with Crippen molar-refractivity contribution in [3.63, 3.8) is 0 Å². The maximum absolute atomic E-state index is 11.1. The van der Waals surface area contributed by atoms with Gasteiger partial charge in [0.25, 0.3) is 5.69 Å². The van der Waals surface area contributed by atoms with E-state index in [-0.39, 0.29) is 10.6 Å². The number of nitrogens with one attached hydrogen (secondary N) is 1. The molecular formula is C15H15BrN2O3. The van der Waals surface area contributed by atoms with Crippen LogP contribution in [0, 0.1) is 17.0 Å². The first-order valence-electron chi connectivity index (χ1n) is 6.32. The Morgan fingerprint density at radius 3 is 2.67 bits per heavy atom. The summed E-state index contributed by atoms with van der Waals surface area (Å²) < 4.78 is 6.02. The van der Waals surface area contributed by atoms with Gasteiger partial charge in [0.2, 0.25) is 0 Å². The molecule has 0 radical (unpaired) electrons. The monoisotopic (exact) mass is 350 g/mol. The molecule has 6 heteroatoms. The van der Waals surface area contributed by atoms with E-state index >= 15 is 0 Å². The fourth-order valence-corrected chi connectivity index (χ4v) is 2.55. The SMILES string of the molecule is COc1ccc(CNc2ccc(C)cc2[N+](=O)[O-])cc1Br. The lowest BCUT2D eigenvalue weighted by atomic mass is 10.1. The van der Waals surface area contributed by atoms with E-state index in [0.717, 1.165) is 21.3 Å². The number of ether oxygens (including phenoxy) is 1. The summed E-state index contributed by atoms with van der Waals surface area (Å²) in [5.41, 5.74) is 2.46. The van der Waals surface area contributed by atoms with Gasteiger partial charge in [-0.15, -0.1) is 0 Å². The van der Waals surface area contributed by atoms with Gasteiger partial charge in [-0.25, -0.2) is 0 Å². The van der Waals surface area contributed by atoms with Crippen LogP contribution in [0.5, 0.6) is 5.75 Å². The van der Waals surface area contributed by atoms with Crippen molar-refractivity contribution >= 4 is 27.3 Å². The highest BCUT2D eigenvalue weighted by atomic mass is 79.9. The molecule has 0 aliphatic heterocycles. The molecule has 0 saturated heterocycles. The maximum Gasteiger partial charge on any atom is 0.292 e. The van der Waals surface area contributed by atoms with E-state index in [1.807, 2.05) is 31.2 Å². The third-order valence-corrected chi connectivity index (χ3v) is 3.67. The highest BCUT2D eigenvalue weighted by Gasteiger charge is 2.13. The van der Waals surface area contributed by atoms with Crippen LogP contribution in [0.15, 0.2) is 40.9 Å². The fourth-order valence-electron chi connectivity index (χ4n) is 1.96. The van der Waals surface area contributed by atoms with Crippen LogP contribution in [-0.4, -0.2) is 12.0 Å². The predicted octanol–water partition coefficient (Wildman–Crippen LogP) is 4.29. The minimum atomic E-state index is -0.376. The lowest BCUT2D eigenvalue weighted by Gasteiger charge is -2.09. The number of aryl methyl sites for hydroxylation is 1. The first-order chi connectivity index (χ1) is 10.0. The molecule has 2 rings (SSSR count). The number of rotatable bonds is 5. The Morgan fingerprint density at radius 1 is 1.29 bits per heavy atom. The molecule has 0 amide bonds. The van der Waals surface area contributed by atoms with Crippen molar-refractivity contribution in [2.75, 3.05) is 12.4 Å². The molecule has 0 aliphatic rings. The molecule has 0 spiro atoms. The van der Waals surface area contributed by atoms with E-state index in [2.05, 4.69) is 21.2 Å². The molecule has 5 nitrogen and oxygen atoms in total. The maximum atomic E-state index is 11.1. The van der Waals surface area contributed by atoms with Crippen molar-refractivity contribution in [1.82, 2.24) is 0 Å². The Balaban J connectivity index is 2.16. The van der Waals surface area contributed by atoms with E-state index in [4.69, 9.17) is 4.74 Å². The van der Waals surface area contributed by atoms with Crippen molar-refractivity contribution in [2.24, 2.45) is 0 Å². The largest absolute Gasteiger partial charge is 0.496 e. The standard InChI is InChI=1S/C15H15BrN2O3/c1-10-3-5-13(14(7-10)18(19)20)17-9-11-4-6-15(21-2)12(16)8-11/h3-8,17H,9H2,1-2H3. The van der Waals surface area contributed by atoms with Gasteiger partial charge in [-0.2, -0.15) is 0 Å². The summed E-state index contributed by atoms with van der Waals surface area (Å²) in [6, 6.07) is 10.8. The third kappa shape index (κ3) is 3.72. The zero-order valence-corrected chi connectivity index (χ0v) is 13.3. The molecule has 0 unspecified atom stereocenters. The summed E-state index contributed by atoms with van der Waals surface area (Å²) in [4.78, 5) is 10.7. The van der Waals surface area contributed by atoms with Crippen LogP contribution in [0.4, 0.5) is 11.4 Å². The van der Waals surface area contributed by atoms with Gasteiger partial charge in [-0.3, -0.25) is 10.1 Å². The summed E-state index contributed by atoms with van der Waals surface area (Å²) in [7, 11) is 1.60. The van der Waals surface area contributed by atoms with Gasteiger partial charge in [0, 0.05) is 12.6 Å². The summed E-state index contributed by atoms with van der Waals surface area (Å²) in [5, 5.41) is 14.2. The molecule has 110 valence electrons. The van der Waals surface area contributed by atoms with Gasteiger partial charge in [-0.05, 0) is 52.2 Å². The quantitative estimate of drug-likeness (QED) is 0.645. The Morgan fingerprint density at radius 2 is 2.05 bits per heavy atom. The van der Waals surface area contributed by atoms with Gasteiger partial charge in [0.05, 0.1) is 16.5 Å². The molecule has 2 aromatic rings. The minimum Gasteiger partial charge on any atom is -0.496 e. The Bertz CT molecular complexity index is 674. The molecule has 0 atom stereocenters. The Labute approximate surface area is 131 Å². The van der Waals surface area contributed by atoms with Gasteiger partial charge in [0.1, 0.15) is 11.4 Å². The fraction of sp³-hybridized carbons (Fsp3) is 0.200. The first-order valence-corrected chi connectivity index (χ1v) is 7.12. The number of anilines is 1. The lowest BCUT2D eigenvalue weighted by molar-refractivity contribution is -0.384. The summed E-state index contributed by atoms with van der Waals surface area (Å²) in [6.07, 6.45) is 0. The Kier molecular flexibility index (Phi) is 4.80. The van der Waals surface area contributed by atoms with E-state index in [1.165, 1.54) is 0 Å². The number of nitro groups is 1. The van der Waals surface area contributed by atoms with Crippen LogP contribution in [0.25, 0.3) is 0 Å². The van der Waals surface area contributed by atoms with E-state index < -0.39 is 0 Å². The molecule has 0 bridgehead atoms. The molecule has 21 heavy (non-hydrogen) atoms. The molecule has 0 fully saturated rings. The van der Waals surface area contributed by atoms with Crippen LogP contribution in [-0.2, 0) is 6.54 Å². The van der Waals surface area contributed by atoms with Crippen molar-refractivity contribution in [1.29, 1.82) is 0 Å². The van der Waals surface area contributed by atoms with Crippen LogP contribution in [0.2, 0.25) is 0 Å². The van der Waals surface area contributed by atoms with Gasteiger partial charge >= 0.3 is 0 Å². The summed E-state index contributed by atoms with van der Waals surface area (Å²) in [6.45, 7) is 2.32.